The third-order valence-electron chi connectivity index (χ3n) is 5.82. The van der Waals surface area contributed by atoms with E-state index >= 15 is 0 Å². The van der Waals surface area contributed by atoms with Crippen molar-refractivity contribution in [3.8, 4) is 0 Å². The van der Waals surface area contributed by atoms with Gasteiger partial charge in [0, 0.05) is 36.2 Å². The van der Waals surface area contributed by atoms with E-state index in [1.165, 1.54) is 0 Å². The van der Waals surface area contributed by atoms with Gasteiger partial charge in [0.15, 0.2) is 0 Å². The van der Waals surface area contributed by atoms with Gasteiger partial charge in [0.05, 0.1) is 6.04 Å². The molecule has 1 aromatic heterocycles. The molecule has 3 N–H and O–H groups in total. The van der Waals surface area contributed by atoms with Crippen LogP contribution in [0.1, 0.15) is 40.5 Å². The van der Waals surface area contributed by atoms with Crippen molar-refractivity contribution in [1.29, 1.82) is 0 Å². The Bertz CT molecular complexity index is 1210. The summed E-state index contributed by atoms with van der Waals surface area (Å²) in [5.74, 6) is -0.484. The van der Waals surface area contributed by atoms with E-state index in [9.17, 15) is 9.59 Å². The van der Waals surface area contributed by atoms with Crippen LogP contribution in [0.25, 0.3) is 0 Å². The number of carbonyl (C=O) groups is 2. The molecule has 6 nitrogen and oxygen atoms in total. The molecule has 0 saturated heterocycles. The summed E-state index contributed by atoms with van der Waals surface area (Å²) >= 11 is 0. The molecular formula is C28H28N4O2. The van der Waals surface area contributed by atoms with Crippen molar-refractivity contribution in [3.63, 3.8) is 0 Å². The van der Waals surface area contributed by atoms with Crippen LogP contribution in [0, 0.1) is 0 Å². The Balaban J connectivity index is 1.75. The van der Waals surface area contributed by atoms with E-state index in [4.69, 9.17) is 5.73 Å². The van der Waals surface area contributed by atoms with Crippen LogP contribution >= 0.6 is 0 Å². The number of benzene rings is 3. The Morgan fingerprint density at radius 2 is 1.38 bits per heavy atom. The Hall–Kier alpha value is -4.32. The molecule has 0 unspecified atom stereocenters. The summed E-state index contributed by atoms with van der Waals surface area (Å²) in [7, 11) is 0. The van der Waals surface area contributed by atoms with Crippen LogP contribution in [0.5, 0.6) is 0 Å². The fraction of sp³-hybridized carbons (Fsp3) is 0.143. The highest BCUT2D eigenvalue weighted by Gasteiger charge is 2.29. The third kappa shape index (κ3) is 5.35. The monoisotopic (exact) mass is 452 g/mol. The van der Waals surface area contributed by atoms with E-state index in [0.29, 0.717) is 12.1 Å². The van der Waals surface area contributed by atoms with E-state index in [1.807, 2.05) is 102 Å². The number of para-hydroxylation sites is 1. The molecule has 0 radical (unpaired) electrons. The summed E-state index contributed by atoms with van der Waals surface area (Å²) in [5.41, 5.74) is 8.46. The molecule has 0 saturated carbocycles. The summed E-state index contributed by atoms with van der Waals surface area (Å²) in [4.78, 5) is 27.2. The number of nitrogens with two attached hydrogens (primary N) is 1. The summed E-state index contributed by atoms with van der Waals surface area (Å²) in [6.07, 6.45) is 3.99. The summed E-state index contributed by atoms with van der Waals surface area (Å²) in [6, 6.07) is 29.8. The lowest BCUT2D eigenvalue weighted by molar-refractivity contribution is 0.1000. The molecule has 1 heterocycles. The van der Waals surface area contributed by atoms with Crippen LogP contribution < -0.4 is 11.1 Å². The van der Waals surface area contributed by atoms with Gasteiger partial charge in [-0.05, 0) is 54.4 Å². The molecule has 0 fully saturated rings. The molecule has 0 aliphatic rings. The van der Waals surface area contributed by atoms with E-state index < -0.39 is 5.91 Å². The number of urea groups is 1. The van der Waals surface area contributed by atoms with Crippen molar-refractivity contribution in [3.05, 3.63) is 126 Å². The van der Waals surface area contributed by atoms with Crippen molar-refractivity contribution in [2.75, 3.05) is 11.9 Å². The van der Waals surface area contributed by atoms with Crippen molar-refractivity contribution in [1.82, 2.24) is 9.47 Å². The van der Waals surface area contributed by atoms with Crippen LogP contribution in [-0.2, 0) is 0 Å². The second kappa shape index (κ2) is 10.5. The Morgan fingerprint density at radius 1 is 0.824 bits per heavy atom. The van der Waals surface area contributed by atoms with Crippen LogP contribution in [0.2, 0.25) is 0 Å². The topological polar surface area (TPSA) is 80.4 Å². The molecular weight excluding hydrogens is 424 g/mol. The van der Waals surface area contributed by atoms with Crippen molar-refractivity contribution in [2.45, 2.75) is 19.0 Å². The lowest BCUT2D eigenvalue weighted by atomic mass is 9.95. The van der Waals surface area contributed by atoms with Crippen LogP contribution in [0.15, 0.2) is 109 Å². The van der Waals surface area contributed by atoms with Gasteiger partial charge < -0.3 is 20.5 Å². The zero-order valence-electron chi connectivity index (χ0n) is 19.0. The maximum absolute atomic E-state index is 13.7. The first kappa shape index (κ1) is 22.9. The minimum Gasteiger partial charge on any atom is -0.366 e. The Labute approximate surface area is 199 Å². The van der Waals surface area contributed by atoms with Crippen LogP contribution in [0.3, 0.4) is 0 Å². The van der Waals surface area contributed by atoms with Crippen molar-refractivity contribution < 1.29 is 9.59 Å². The van der Waals surface area contributed by atoms with Gasteiger partial charge >= 0.3 is 6.03 Å². The van der Waals surface area contributed by atoms with Gasteiger partial charge in [-0.3, -0.25) is 4.79 Å². The second-order valence-electron chi connectivity index (χ2n) is 8.23. The van der Waals surface area contributed by atoms with Gasteiger partial charge in [0.25, 0.3) is 0 Å². The first-order valence-corrected chi connectivity index (χ1v) is 11.2. The highest BCUT2D eigenvalue weighted by atomic mass is 16.2. The third-order valence-corrected chi connectivity index (χ3v) is 5.82. The normalized spacial score (nSPS) is 12.5. The number of carbonyl (C=O) groups excluding carboxylic acids is 2. The molecule has 2 atom stereocenters. The van der Waals surface area contributed by atoms with Gasteiger partial charge in [-0.2, -0.15) is 0 Å². The zero-order valence-corrected chi connectivity index (χ0v) is 19.0. The van der Waals surface area contributed by atoms with Gasteiger partial charge in [-0.1, -0.05) is 60.7 Å². The largest absolute Gasteiger partial charge is 0.366 e. The molecule has 3 amide bonds. The van der Waals surface area contributed by atoms with E-state index in [2.05, 4.69) is 16.8 Å². The lowest BCUT2D eigenvalue weighted by Gasteiger charge is -2.35. The number of primary amides is 1. The average Bonchev–Trinajstić information content (AvgIpc) is 3.40. The molecule has 34 heavy (non-hydrogen) atoms. The predicted octanol–water partition coefficient (Wildman–Crippen LogP) is 5.47. The first-order chi connectivity index (χ1) is 16.5. The maximum atomic E-state index is 13.7. The number of nitrogens with zero attached hydrogens (tertiary/aromatic N) is 2. The maximum Gasteiger partial charge on any atom is 0.322 e. The quantitative estimate of drug-likeness (QED) is 0.372. The minimum atomic E-state index is -0.484. The van der Waals surface area contributed by atoms with Crippen LogP contribution in [0.4, 0.5) is 10.5 Å². The standard InChI is InChI=1S/C28H28N4O2/c1-21(31-18-8-9-19-31)20-32(28(34)30-25-12-6-3-7-13-25)26(22-10-4-2-5-11-22)23-14-16-24(17-15-23)27(29)33/h2-19,21,26H,20H2,1H3,(H2,29,33)(H,30,34)/t21-,26-/m0/s1. The summed E-state index contributed by atoms with van der Waals surface area (Å²) < 4.78 is 2.08. The number of hydrogen-bond donors (Lipinski definition) is 2. The molecule has 3 aromatic carbocycles. The number of rotatable bonds is 8. The number of anilines is 1. The molecule has 0 bridgehead atoms. The van der Waals surface area contributed by atoms with E-state index in [-0.39, 0.29) is 18.1 Å². The number of nitrogens with one attached hydrogen (secondary N) is 1. The second-order valence-corrected chi connectivity index (χ2v) is 8.23. The summed E-state index contributed by atoms with van der Waals surface area (Å²) in [5, 5.41) is 3.05. The van der Waals surface area contributed by atoms with Crippen molar-refractivity contribution >= 4 is 17.6 Å². The SMILES string of the molecule is C[C@@H](CN(C(=O)Nc1ccccc1)[C@@H](c1ccccc1)c1ccc(C(N)=O)cc1)n1cccc1. The summed E-state index contributed by atoms with van der Waals surface area (Å²) in [6.45, 7) is 2.55. The van der Waals surface area contributed by atoms with Crippen LogP contribution in [-0.4, -0.2) is 28.0 Å². The molecule has 0 aliphatic carbocycles. The number of amides is 3. The Kier molecular flexibility index (Phi) is 7.08. The van der Waals surface area contributed by atoms with E-state index in [0.717, 1.165) is 16.8 Å². The molecule has 172 valence electrons. The van der Waals surface area contributed by atoms with Gasteiger partial charge in [-0.25, -0.2) is 4.79 Å². The first-order valence-electron chi connectivity index (χ1n) is 11.2. The molecule has 4 rings (SSSR count). The van der Waals surface area contributed by atoms with Gasteiger partial charge in [-0.15, -0.1) is 0 Å². The minimum absolute atomic E-state index is 0.0348. The fourth-order valence-electron chi connectivity index (χ4n) is 4.06. The molecule has 6 heteroatoms. The number of hydrogen-bond acceptors (Lipinski definition) is 2. The molecule has 4 aromatic rings. The van der Waals surface area contributed by atoms with Gasteiger partial charge in [0.1, 0.15) is 0 Å². The van der Waals surface area contributed by atoms with Crippen molar-refractivity contribution in [2.24, 2.45) is 5.73 Å². The Morgan fingerprint density at radius 3 is 1.97 bits per heavy atom. The van der Waals surface area contributed by atoms with Gasteiger partial charge in [0.2, 0.25) is 5.91 Å². The average molecular weight is 453 g/mol. The molecule has 0 aliphatic heterocycles. The highest BCUT2D eigenvalue weighted by Crippen LogP contribution is 2.31. The number of aromatic nitrogens is 1. The molecule has 0 spiro atoms. The van der Waals surface area contributed by atoms with E-state index in [1.54, 1.807) is 12.1 Å². The highest BCUT2D eigenvalue weighted by molar-refractivity contribution is 5.93. The lowest BCUT2D eigenvalue weighted by Crippen LogP contribution is -2.41. The smallest absolute Gasteiger partial charge is 0.322 e. The predicted molar refractivity (Wildman–Crippen MR) is 135 cm³/mol. The zero-order chi connectivity index (χ0) is 23.9. The fourth-order valence-corrected chi connectivity index (χ4v) is 4.06.